The molecular weight excluding hydrogens is 316 g/mol. The Labute approximate surface area is 134 Å². The molecule has 3 aromatic rings. The van der Waals surface area contributed by atoms with E-state index in [1.54, 1.807) is 11.3 Å². The van der Waals surface area contributed by atoms with Crippen molar-refractivity contribution in [2.75, 3.05) is 18.0 Å². The van der Waals surface area contributed by atoms with Crippen molar-refractivity contribution < 1.29 is 13.9 Å². The van der Waals surface area contributed by atoms with Crippen molar-refractivity contribution in [3.05, 3.63) is 58.6 Å². The fraction of sp³-hybridized carbons (Fsp3) is 0.188. The van der Waals surface area contributed by atoms with Gasteiger partial charge in [0.05, 0.1) is 28.9 Å². The van der Waals surface area contributed by atoms with Crippen molar-refractivity contribution in [3.8, 4) is 0 Å². The zero-order valence-corrected chi connectivity index (χ0v) is 12.8. The zero-order chi connectivity index (χ0) is 15.8. The summed E-state index contributed by atoms with van der Waals surface area (Å²) >= 11 is 1.62. The van der Waals surface area contributed by atoms with E-state index >= 15 is 0 Å². The third kappa shape index (κ3) is 2.70. The molecule has 0 unspecified atom stereocenters. The zero-order valence-electron chi connectivity index (χ0n) is 12.0. The van der Waals surface area contributed by atoms with Crippen LogP contribution in [0.15, 0.2) is 51.9 Å². The maximum atomic E-state index is 11.9. The van der Waals surface area contributed by atoms with Gasteiger partial charge in [-0.2, -0.15) is 0 Å². The number of hydrogen-bond acceptors (Lipinski definition) is 7. The molecule has 116 valence electrons. The molecule has 0 amide bonds. The number of esters is 1. The van der Waals surface area contributed by atoms with E-state index in [0.717, 1.165) is 21.6 Å². The van der Waals surface area contributed by atoms with Crippen LogP contribution in [0.25, 0.3) is 10.2 Å². The van der Waals surface area contributed by atoms with Crippen LogP contribution in [-0.4, -0.2) is 30.1 Å². The Morgan fingerprint density at radius 2 is 2.09 bits per heavy atom. The number of fused-ring (bicyclic) bond motifs is 1. The highest BCUT2D eigenvalue weighted by molar-refractivity contribution is 7.22. The number of para-hydroxylation sites is 1. The maximum Gasteiger partial charge on any atom is 0.341 e. The molecule has 0 saturated carbocycles. The summed E-state index contributed by atoms with van der Waals surface area (Å²) < 4.78 is 11.2. The molecule has 3 heterocycles. The van der Waals surface area contributed by atoms with Crippen molar-refractivity contribution in [1.29, 1.82) is 0 Å². The average Bonchev–Trinajstić information content (AvgIpc) is 2.94. The molecule has 4 rings (SSSR count). The summed E-state index contributed by atoms with van der Waals surface area (Å²) in [4.78, 5) is 29.5. The van der Waals surface area contributed by atoms with Crippen LogP contribution in [0, 0.1) is 0 Å². The fourth-order valence-corrected chi connectivity index (χ4v) is 3.34. The third-order valence-electron chi connectivity index (χ3n) is 3.61. The van der Waals surface area contributed by atoms with E-state index in [9.17, 15) is 9.59 Å². The summed E-state index contributed by atoms with van der Waals surface area (Å²) in [5.74, 6) is -0.484. The average molecular weight is 328 g/mol. The lowest BCUT2D eigenvalue weighted by molar-refractivity contribution is 0.0231. The highest BCUT2D eigenvalue weighted by Crippen LogP contribution is 2.31. The molecule has 0 aliphatic carbocycles. The molecule has 0 radical (unpaired) electrons. The topological polar surface area (TPSA) is 72.6 Å². The Hall–Kier alpha value is -2.67. The van der Waals surface area contributed by atoms with Gasteiger partial charge in [-0.05, 0) is 18.2 Å². The number of thiazole rings is 1. The van der Waals surface area contributed by atoms with Crippen molar-refractivity contribution in [2.24, 2.45) is 0 Å². The molecule has 1 aliphatic heterocycles. The first-order valence-corrected chi connectivity index (χ1v) is 7.91. The molecule has 0 atom stereocenters. The van der Waals surface area contributed by atoms with Crippen molar-refractivity contribution in [2.45, 2.75) is 6.10 Å². The van der Waals surface area contributed by atoms with Crippen LogP contribution in [0.1, 0.15) is 10.4 Å². The molecule has 23 heavy (non-hydrogen) atoms. The third-order valence-corrected chi connectivity index (χ3v) is 4.71. The number of nitrogens with zero attached hydrogens (tertiary/aromatic N) is 2. The standard InChI is InChI=1S/C16H12N2O4S/c19-14-6-5-10(9-21-14)15(20)22-11-7-18(8-11)16-17-12-3-1-2-4-13(12)23-16/h1-6,9,11H,7-8H2. The summed E-state index contributed by atoms with van der Waals surface area (Å²) in [5, 5.41) is 0.934. The normalized spacial score (nSPS) is 14.7. The Morgan fingerprint density at radius 1 is 1.26 bits per heavy atom. The van der Waals surface area contributed by atoms with Crippen LogP contribution >= 0.6 is 11.3 Å². The van der Waals surface area contributed by atoms with Crippen LogP contribution in [0.2, 0.25) is 0 Å². The Balaban J connectivity index is 1.38. The predicted octanol–water partition coefficient (Wildman–Crippen LogP) is 2.30. The van der Waals surface area contributed by atoms with Gasteiger partial charge in [0.15, 0.2) is 5.13 Å². The number of carbonyl (C=O) groups is 1. The van der Waals surface area contributed by atoms with Crippen molar-refractivity contribution in [3.63, 3.8) is 0 Å². The van der Waals surface area contributed by atoms with Gasteiger partial charge in [-0.15, -0.1) is 0 Å². The van der Waals surface area contributed by atoms with Gasteiger partial charge in [0.25, 0.3) is 0 Å². The highest BCUT2D eigenvalue weighted by Gasteiger charge is 2.32. The quantitative estimate of drug-likeness (QED) is 0.687. The first kappa shape index (κ1) is 14.0. The molecule has 0 N–H and O–H groups in total. The lowest BCUT2D eigenvalue weighted by Crippen LogP contribution is -2.53. The molecule has 1 aromatic carbocycles. The predicted molar refractivity (Wildman–Crippen MR) is 86.0 cm³/mol. The molecule has 0 bridgehead atoms. The van der Waals surface area contributed by atoms with E-state index in [0.29, 0.717) is 13.1 Å². The minimum Gasteiger partial charge on any atom is -0.455 e. The number of rotatable bonds is 3. The number of hydrogen-bond donors (Lipinski definition) is 0. The van der Waals surface area contributed by atoms with Gasteiger partial charge in [0.2, 0.25) is 0 Å². The van der Waals surface area contributed by atoms with E-state index in [1.165, 1.54) is 12.1 Å². The Bertz CT molecular complexity index is 873. The minimum atomic E-state index is -0.493. The van der Waals surface area contributed by atoms with Crippen molar-refractivity contribution in [1.82, 2.24) is 4.98 Å². The van der Waals surface area contributed by atoms with Gasteiger partial charge in [-0.1, -0.05) is 23.5 Å². The Morgan fingerprint density at radius 3 is 2.83 bits per heavy atom. The van der Waals surface area contributed by atoms with E-state index in [-0.39, 0.29) is 11.7 Å². The molecule has 1 aliphatic rings. The molecule has 1 fully saturated rings. The van der Waals surface area contributed by atoms with Crippen molar-refractivity contribution >= 4 is 32.7 Å². The second-order valence-electron chi connectivity index (χ2n) is 5.24. The SMILES string of the molecule is O=C(OC1CN(c2nc3ccccc3s2)C1)c1ccc(=O)oc1. The van der Waals surface area contributed by atoms with E-state index in [1.807, 2.05) is 24.3 Å². The largest absolute Gasteiger partial charge is 0.455 e. The van der Waals surface area contributed by atoms with Gasteiger partial charge >= 0.3 is 11.6 Å². The summed E-state index contributed by atoms with van der Waals surface area (Å²) in [7, 11) is 0. The number of carbonyl (C=O) groups excluding carboxylic acids is 1. The monoisotopic (exact) mass is 328 g/mol. The smallest absolute Gasteiger partial charge is 0.341 e. The van der Waals surface area contributed by atoms with Gasteiger partial charge in [0.1, 0.15) is 12.4 Å². The summed E-state index contributed by atoms with van der Waals surface area (Å²) in [5.41, 5.74) is 0.725. The van der Waals surface area contributed by atoms with Gasteiger partial charge in [0, 0.05) is 6.07 Å². The molecule has 1 saturated heterocycles. The second kappa shape index (κ2) is 5.51. The van der Waals surface area contributed by atoms with Gasteiger partial charge in [-0.3, -0.25) is 0 Å². The van der Waals surface area contributed by atoms with Gasteiger partial charge < -0.3 is 14.1 Å². The van der Waals surface area contributed by atoms with E-state index in [2.05, 4.69) is 14.3 Å². The maximum absolute atomic E-state index is 11.9. The van der Waals surface area contributed by atoms with Crippen LogP contribution in [0.5, 0.6) is 0 Å². The second-order valence-corrected chi connectivity index (χ2v) is 6.25. The first-order chi connectivity index (χ1) is 11.2. The summed E-state index contributed by atoms with van der Waals surface area (Å²) in [6.07, 6.45) is 0.940. The Kier molecular flexibility index (Phi) is 3.34. The van der Waals surface area contributed by atoms with Crippen LogP contribution in [-0.2, 0) is 4.74 Å². The summed E-state index contributed by atoms with van der Waals surface area (Å²) in [6, 6.07) is 10.6. The lowest BCUT2D eigenvalue weighted by atomic mass is 10.2. The first-order valence-electron chi connectivity index (χ1n) is 7.09. The fourth-order valence-electron chi connectivity index (χ4n) is 2.36. The molecule has 0 spiro atoms. The number of anilines is 1. The molecular formula is C16H12N2O4S. The summed E-state index contributed by atoms with van der Waals surface area (Å²) in [6.45, 7) is 1.23. The molecule has 2 aromatic heterocycles. The number of benzene rings is 1. The highest BCUT2D eigenvalue weighted by atomic mass is 32.1. The molecule has 6 nitrogen and oxygen atoms in total. The van der Waals surface area contributed by atoms with E-state index < -0.39 is 11.6 Å². The number of aromatic nitrogens is 1. The lowest BCUT2D eigenvalue weighted by Gasteiger charge is -2.38. The van der Waals surface area contributed by atoms with Crippen LogP contribution < -0.4 is 10.5 Å². The van der Waals surface area contributed by atoms with Crippen LogP contribution in [0.3, 0.4) is 0 Å². The number of ether oxygens (including phenoxy) is 1. The van der Waals surface area contributed by atoms with Gasteiger partial charge in [-0.25, -0.2) is 14.6 Å². The minimum absolute atomic E-state index is 0.179. The van der Waals surface area contributed by atoms with E-state index in [4.69, 9.17) is 4.74 Å². The van der Waals surface area contributed by atoms with Crippen LogP contribution in [0.4, 0.5) is 5.13 Å². The molecule has 7 heteroatoms.